The number of halogens is 2. The Balaban J connectivity index is 1.53. The molecule has 1 aromatic carbocycles. The van der Waals surface area contributed by atoms with Crippen LogP contribution in [0.4, 0.5) is 8.78 Å². The second-order valence-corrected chi connectivity index (χ2v) is 6.56. The Morgan fingerprint density at radius 2 is 2.04 bits per heavy atom. The van der Waals surface area contributed by atoms with Gasteiger partial charge in [-0.3, -0.25) is 4.79 Å². The lowest BCUT2D eigenvalue weighted by Crippen LogP contribution is -2.49. The molecule has 0 unspecified atom stereocenters. The van der Waals surface area contributed by atoms with Crippen molar-refractivity contribution in [1.82, 2.24) is 15.2 Å². The number of carbonyl (C=O) groups is 1. The third-order valence-electron chi connectivity index (χ3n) is 4.76. The third kappa shape index (κ3) is 3.28. The van der Waals surface area contributed by atoms with Crippen molar-refractivity contribution in [2.24, 2.45) is 0 Å². The molecule has 1 fully saturated rings. The maximum absolute atomic E-state index is 13.4. The normalized spacial score (nSPS) is 20.4. The van der Waals surface area contributed by atoms with Crippen molar-refractivity contribution < 1.29 is 18.0 Å². The molecule has 7 heteroatoms. The van der Waals surface area contributed by atoms with Crippen LogP contribution < -0.4 is 5.32 Å². The van der Waals surface area contributed by atoms with E-state index in [0.29, 0.717) is 31.0 Å². The van der Waals surface area contributed by atoms with Gasteiger partial charge in [0, 0.05) is 24.6 Å². The number of amides is 1. The van der Waals surface area contributed by atoms with Crippen molar-refractivity contribution >= 4 is 5.91 Å². The minimum absolute atomic E-state index is 0.0895. The Kier molecular flexibility index (Phi) is 4.25. The number of benzene rings is 1. The fourth-order valence-electron chi connectivity index (χ4n) is 3.47. The van der Waals surface area contributed by atoms with E-state index in [2.05, 4.69) is 10.3 Å². The second-order valence-electron chi connectivity index (χ2n) is 6.56. The van der Waals surface area contributed by atoms with Crippen LogP contribution >= 0.6 is 0 Å². The Morgan fingerprint density at radius 3 is 2.76 bits per heavy atom. The van der Waals surface area contributed by atoms with Crippen molar-refractivity contribution in [2.45, 2.75) is 38.3 Å². The quantitative estimate of drug-likeness (QED) is 0.907. The minimum Gasteiger partial charge on any atom is -0.441 e. The molecular weight excluding hydrogens is 328 g/mol. The summed E-state index contributed by atoms with van der Waals surface area (Å²) in [6.45, 7) is 1.80. The lowest BCUT2D eigenvalue weighted by molar-refractivity contribution is -0.135. The lowest BCUT2D eigenvalue weighted by atomic mass is 10.0. The largest absolute Gasteiger partial charge is 0.441 e. The molecule has 0 radical (unpaired) electrons. The van der Waals surface area contributed by atoms with Crippen LogP contribution in [0.2, 0.25) is 0 Å². The molecule has 1 saturated heterocycles. The van der Waals surface area contributed by atoms with Gasteiger partial charge in [0.2, 0.25) is 11.8 Å². The van der Waals surface area contributed by atoms with E-state index in [-0.39, 0.29) is 23.4 Å². The monoisotopic (exact) mass is 347 g/mol. The van der Waals surface area contributed by atoms with Crippen molar-refractivity contribution in [1.29, 1.82) is 0 Å². The summed E-state index contributed by atoms with van der Waals surface area (Å²) in [7, 11) is 0. The molecule has 5 nitrogen and oxygen atoms in total. The van der Waals surface area contributed by atoms with Crippen LogP contribution in [0.15, 0.2) is 22.6 Å². The zero-order valence-electron chi connectivity index (χ0n) is 13.7. The standard InChI is InChI=1S/C18H19F2N3O2/c19-12-7-11(8-13(20)9-12)17-22-15-10-23(6-4-16(15)25-17)18(24)14-3-1-2-5-21-14/h7-9,14,21H,1-6,10H2/t14-/m1/s1. The topological polar surface area (TPSA) is 58.4 Å². The van der Waals surface area contributed by atoms with Gasteiger partial charge in [-0.15, -0.1) is 0 Å². The van der Waals surface area contributed by atoms with Crippen molar-refractivity contribution in [3.63, 3.8) is 0 Å². The molecule has 0 spiro atoms. The molecule has 2 aromatic rings. The van der Waals surface area contributed by atoms with Crippen LogP contribution in [0.5, 0.6) is 0 Å². The number of rotatable bonds is 2. The molecule has 1 atom stereocenters. The van der Waals surface area contributed by atoms with Crippen LogP contribution in [-0.2, 0) is 17.8 Å². The molecule has 25 heavy (non-hydrogen) atoms. The second kappa shape index (κ2) is 6.55. The van der Waals surface area contributed by atoms with E-state index in [1.54, 1.807) is 4.90 Å². The van der Waals surface area contributed by atoms with Crippen LogP contribution in [0.3, 0.4) is 0 Å². The van der Waals surface area contributed by atoms with E-state index in [1.807, 2.05) is 0 Å². The number of carbonyl (C=O) groups excluding carboxylic acids is 1. The summed E-state index contributed by atoms with van der Waals surface area (Å²) >= 11 is 0. The number of fused-ring (bicyclic) bond motifs is 1. The van der Waals surface area contributed by atoms with Crippen LogP contribution in [-0.4, -0.2) is 34.9 Å². The minimum atomic E-state index is -0.675. The van der Waals surface area contributed by atoms with Gasteiger partial charge in [0.1, 0.15) is 23.1 Å². The summed E-state index contributed by atoms with van der Waals surface area (Å²) in [6, 6.07) is 3.06. The van der Waals surface area contributed by atoms with Crippen molar-refractivity contribution in [3.05, 3.63) is 41.3 Å². The van der Waals surface area contributed by atoms with E-state index in [9.17, 15) is 13.6 Å². The van der Waals surface area contributed by atoms with E-state index in [0.717, 1.165) is 31.9 Å². The van der Waals surface area contributed by atoms with Gasteiger partial charge in [0.05, 0.1) is 12.6 Å². The molecule has 4 rings (SSSR count). The molecule has 0 aliphatic carbocycles. The highest BCUT2D eigenvalue weighted by Crippen LogP contribution is 2.27. The zero-order chi connectivity index (χ0) is 17.4. The molecule has 0 saturated carbocycles. The average molecular weight is 347 g/mol. The highest BCUT2D eigenvalue weighted by Gasteiger charge is 2.30. The first-order chi connectivity index (χ1) is 12.1. The van der Waals surface area contributed by atoms with Crippen LogP contribution in [0, 0.1) is 11.6 Å². The number of oxazole rings is 1. The number of nitrogens with zero attached hydrogens (tertiary/aromatic N) is 2. The van der Waals surface area contributed by atoms with Crippen molar-refractivity contribution in [3.8, 4) is 11.5 Å². The zero-order valence-corrected chi connectivity index (χ0v) is 13.7. The van der Waals surface area contributed by atoms with E-state index >= 15 is 0 Å². The predicted molar refractivity (Wildman–Crippen MR) is 86.6 cm³/mol. The van der Waals surface area contributed by atoms with Gasteiger partial charge < -0.3 is 14.6 Å². The molecule has 1 amide bonds. The van der Waals surface area contributed by atoms with Gasteiger partial charge in [0.25, 0.3) is 0 Å². The first-order valence-corrected chi connectivity index (χ1v) is 8.57. The summed E-state index contributed by atoms with van der Waals surface area (Å²) in [5.41, 5.74) is 0.925. The Labute approximate surface area is 144 Å². The van der Waals surface area contributed by atoms with Gasteiger partial charge in [-0.1, -0.05) is 6.42 Å². The van der Waals surface area contributed by atoms with Crippen molar-refractivity contribution in [2.75, 3.05) is 13.1 Å². The molecule has 2 aliphatic rings. The number of hydrogen-bond acceptors (Lipinski definition) is 4. The summed E-state index contributed by atoms with van der Waals surface area (Å²) in [6.07, 6.45) is 3.57. The maximum Gasteiger partial charge on any atom is 0.240 e. The average Bonchev–Trinajstić information content (AvgIpc) is 3.04. The van der Waals surface area contributed by atoms with Gasteiger partial charge in [-0.05, 0) is 31.5 Å². The number of aromatic nitrogens is 1. The van der Waals surface area contributed by atoms with Crippen LogP contribution in [0.25, 0.3) is 11.5 Å². The SMILES string of the molecule is O=C([C@H]1CCCCN1)N1CCc2oc(-c3cc(F)cc(F)c3)nc2C1. The molecule has 1 N–H and O–H groups in total. The number of piperidine rings is 1. The van der Waals surface area contributed by atoms with Gasteiger partial charge in [-0.2, -0.15) is 0 Å². The fourth-order valence-corrected chi connectivity index (χ4v) is 3.47. The van der Waals surface area contributed by atoms with E-state index in [4.69, 9.17) is 4.42 Å². The molecule has 0 bridgehead atoms. The summed E-state index contributed by atoms with van der Waals surface area (Å²) in [5.74, 6) is -0.391. The smallest absolute Gasteiger partial charge is 0.240 e. The Bertz CT molecular complexity index is 779. The maximum atomic E-state index is 13.4. The van der Waals surface area contributed by atoms with E-state index < -0.39 is 11.6 Å². The van der Waals surface area contributed by atoms with Gasteiger partial charge in [0.15, 0.2) is 0 Å². The number of hydrogen-bond donors (Lipinski definition) is 1. The van der Waals surface area contributed by atoms with Gasteiger partial charge >= 0.3 is 0 Å². The third-order valence-corrected chi connectivity index (χ3v) is 4.76. The summed E-state index contributed by atoms with van der Waals surface area (Å²) in [5, 5.41) is 3.27. The molecule has 132 valence electrons. The highest BCUT2D eigenvalue weighted by molar-refractivity contribution is 5.82. The molecule has 3 heterocycles. The first-order valence-electron chi connectivity index (χ1n) is 8.57. The summed E-state index contributed by atoms with van der Waals surface area (Å²) in [4.78, 5) is 18.8. The Morgan fingerprint density at radius 1 is 1.24 bits per heavy atom. The predicted octanol–water partition coefficient (Wildman–Crippen LogP) is 2.65. The highest BCUT2D eigenvalue weighted by atomic mass is 19.1. The Hall–Kier alpha value is -2.28. The fraction of sp³-hybridized carbons (Fsp3) is 0.444. The molecule has 2 aliphatic heterocycles. The van der Waals surface area contributed by atoms with E-state index in [1.165, 1.54) is 12.1 Å². The van der Waals surface area contributed by atoms with Gasteiger partial charge in [-0.25, -0.2) is 13.8 Å². The van der Waals surface area contributed by atoms with Crippen LogP contribution in [0.1, 0.15) is 30.7 Å². The summed E-state index contributed by atoms with van der Waals surface area (Å²) < 4.78 is 32.5. The molecular formula is C18H19F2N3O2. The first kappa shape index (κ1) is 16.2. The molecule has 1 aromatic heterocycles. The number of nitrogens with one attached hydrogen (secondary N) is 1. The lowest BCUT2D eigenvalue weighted by Gasteiger charge is -2.31.